The van der Waals surface area contributed by atoms with Crippen LogP contribution in [0.25, 0.3) is 0 Å². The molecule has 0 saturated carbocycles. The summed E-state index contributed by atoms with van der Waals surface area (Å²) in [6.45, 7) is 4.73. The van der Waals surface area contributed by atoms with Crippen molar-refractivity contribution in [3.8, 4) is 5.75 Å². The fraction of sp³-hybridized carbons (Fsp3) is 0.400. The number of nitrogens with zero attached hydrogens (tertiary/aromatic N) is 1. The van der Waals surface area contributed by atoms with Gasteiger partial charge in [-0.1, -0.05) is 0 Å². The minimum Gasteiger partial charge on any atom is -0.484 e. The maximum absolute atomic E-state index is 12.7. The molecule has 1 aliphatic rings. The van der Waals surface area contributed by atoms with Gasteiger partial charge in [0, 0.05) is 31.4 Å². The van der Waals surface area contributed by atoms with Crippen LogP contribution in [0, 0.1) is 6.92 Å². The molecule has 3 rings (SSSR count). The summed E-state index contributed by atoms with van der Waals surface area (Å²) in [6, 6.07) is 7.73. The fourth-order valence-electron chi connectivity index (χ4n) is 3.13. The summed E-state index contributed by atoms with van der Waals surface area (Å²) in [5, 5.41) is 5.29. The predicted octanol–water partition coefficient (Wildman–Crippen LogP) is 2.14. The van der Waals surface area contributed by atoms with E-state index in [0.717, 1.165) is 12.8 Å². The topological polar surface area (TPSA) is 118 Å². The van der Waals surface area contributed by atoms with E-state index in [9.17, 15) is 18.0 Å². The van der Waals surface area contributed by atoms with E-state index >= 15 is 0 Å². The van der Waals surface area contributed by atoms with E-state index in [2.05, 4.69) is 10.6 Å². The summed E-state index contributed by atoms with van der Waals surface area (Å²) in [5.41, 5.74) is 0.475. The van der Waals surface area contributed by atoms with Gasteiger partial charge in [0.15, 0.2) is 12.4 Å². The molecule has 30 heavy (non-hydrogen) atoms. The molecule has 0 unspecified atom stereocenters. The van der Waals surface area contributed by atoms with Gasteiger partial charge >= 0.3 is 0 Å². The summed E-state index contributed by atoms with van der Waals surface area (Å²) in [5.74, 6) is -0.199. The van der Waals surface area contributed by atoms with Crippen LogP contribution in [0.4, 0.5) is 5.69 Å². The number of carbonyl (C=O) groups excluding carboxylic acids is 2. The number of carbonyl (C=O) groups is 2. The second-order valence-corrected chi connectivity index (χ2v) is 8.77. The number of ether oxygens (including phenoxy) is 1. The van der Waals surface area contributed by atoms with Crippen LogP contribution in [0.2, 0.25) is 0 Å². The molecule has 0 radical (unpaired) electrons. The summed E-state index contributed by atoms with van der Waals surface area (Å²) in [6.07, 6.45) is 1.65. The quantitative estimate of drug-likeness (QED) is 0.656. The van der Waals surface area contributed by atoms with Crippen LogP contribution in [0.15, 0.2) is 39.6 Å². The number of nitrogens with one attached hydrogen (secondary N) is 2. The minimum absolute atomic E-state index is 0.0173. The highest BCUT2D eigenvalue weighted by Gasteiger charge is 2.31. The highest BCUT2D eigenvalue weighted by atomic mass is 32.2. The Balaban J connectivity index is 1.64. The van der Waals surface area contributed by atoms with Crippen molar-refractivity contribution in [2.24, 2.45) is 0 Å². The molecular formula is C20H25N3O6S. The predicted molar refractivity (Wildman–Crippen MR) is 110 cm³/mol. The van der Waals surface area contributed by atoms with Crippen LogP contribution >= 0.6 is 0 Å². The third-order valence-electron chi connectivity index (χ3n) is 4.63. The monoisotopic (exact) mass is 435 g/mol. The number of anilines is 1. The molecule has 10 heteroatoms. The van der Waals surface area contributed by atoms with Gasteiger partial charge in [0.05, 0.1) is 0 Å². The lowest BCUT2D eigenvalue weighted by Crippen LogP contribution is -2.28. The van der Waals surface area contributed by atoms with Crippen molar-refractivity contribution in [1.29, 1.82) is 0 Å². The Bertz CT molecular complexity index is 1010. The van der Waals surface area contributed by atoms with Gasteiger partial charge in [0.2, 0.25) is 10.0 Å². The average molecular weight is 436 g/mol. The Labute approximate surface area is 175 Å². The molecule has 2 aromatic rings. The van der Waals surface area contributed by atoms with Crippen molar-refractivity contribution in [2.75, 3.05) is 31.6 Å². The molecule has 2 heterocycles. The summed E-state index contributed by atoms with van der Waals surface area (Å²) >= 11 is 0. The van der Waals surface area contributed by atoms with Crippen molar-refractivity contribution >= 4 is 27.5 Å². The molecule has 1 aromatic carbocycles. The lowest BCUT2D eigenvalue weighted by atomic mass is 10.3. The molecular weight excluding hydrogens is 410 g/mol. The average Bonchev–Trinajstić information content (AvgIpc) is 3.38. The maximum Gasteiger partial charge on any atom is 0.291 e. The van der Waals surface area contributed by atoms with Gasteiger partial charge in [0.25, 0.3) is 11.8 Å². The number of hydrogen-bond acceptors (Lipinski definition) is 6. The summed E-state index contributed by atoms with van der Waals surface area (Å²) < 4.78 is 37.6. The van der Waals surface area contributed by atoms with E-state index in [4.69, 9.17) is 9.15 Å². The van der Waals surface area contributed by atoms with Gasteiger partial charge in [-0.3, -0.25) is 9.59 Å². The first-order valence-corrected chi connectivity index (χ1v) is 11.2. The van der Waals surface area contributed by atoms with Crippen LogP contribution in [0.1, 0.15) is 36.1 Å². The SMILES string of the molecule is CCNC(=O)COc1ccc(NC(=O)c2cc(S(=O)(=O)N3CCCC3)c(C)o2)cc1. The molecule has 9 nitrogen and oxygen atoms in total. The van der Waals surface area contributed by atoms with E-state index in [1.807, 2.05) is 6.92 Å². The molecule has 2 N–H and O–H groups in total. The van der Waals surface area contributed by atoms with Gasteiger partial charge in [0.1, 0.15) is 16.4 Å². The highest BCUT2D eigenvalue weighted by molar-refractivity contribution is 7.89. The normalized spacial score (nSPS) is 14.5. The number of rotatable bonds is 8. The Kier molecular flexibility index (Phi) is 6.78. The van der Waals surface area contributed by atoms with E-state index in [0.29, 0.717) is 31.1 Å². The second kappa shape index (κ2) is 9.31. The number of amides is 2. The number of likely N-dealkylation sites (N-methyl/N-ethyl adjacent to an activating group) is 1. The Morgan fingerprint density at radius 3 is 2.47 bits per heavy atom. The Morgan fingerprint density at radius 2 is 1.83 bits per heavy atom. The summed E-state index contributed by atoms with van der Waals surface area (Å²) in [4.78, 5) is 23.9. The fourth-order valence-corrected chi connectivity index (χ4v) is 4.80. The molecule has 2 amide bonds. The lowest BCUT2D eigenvalue weighted by Gasteiger charge is -2.14. The number of hydrogen-bond donors (Lipinski definition) is 2. The van der Waals surface area contributed by atoms with Crippen LogP contribution in [-0.2, 0) is 14.8 Å². The molecule has 0 atom stereocenters. The van der Waals surface area contributed by atoms with E-state index < -0.39 is 15.9 Å². The third-order valence-corrected chi connectivity index (χ3v) is 6.64. The number of sulfonamides is 1. The van der Waals surface area contributed by atoms with Gasteiger partial charge in [-0.15, -0.1) is 0 Å². The first-order valence-electron chi connectivity index (χ1n) is 9.72. The van der Waals surface area contributed by atoms with Crippen LogP contribution in [-0.4, -0.2) is 50.8 Å². The van der Waals surface area contributed by atoms with Gasteiger partial charge < -0.3 is 19.8 Å². The molecule has 1 aliphatic heterocycles. The highest BCUT2D eigenvalue weighted by Crippen LogP contribution is 2.27. The first kappa shape index (κ1) is 21.8. The van der Waals surface area contributed by atoms with Gasteiger partial charge in [-0.25, -0.2) is 8.42 Å². The molecule has 0 spiro atoms. The van der Waals surface area contributed by atoms with E-state index in [-0.39, 0.29) is 28.9 Å². The van der Waals surface area contributed by atoms with Crippen LogP contribution in [0.5, 0.6) is 5.75 Å². The molecule has 1 aromatic heterocycles. The molecule has 0 bridgehead atoms. The van der Waals surface area contributed by atoms with Crippen LogP contribution in [0.3, 0.4) is 0 Å². The van der Waals surface area contributed by atoms with Crippen molar-refractivity contribution in [1.82, 2.24) is 9.62 Å². The molecule has 1 fully saturated rings. The lowest BCUT2D eigenvalue weighted by molar-refractivity contribution is -0.122. The van der Waals surface area contributed by atoms with Crippen LogP contribution < -0.4 is 15.4 Å². The maximum atomic E-state index is 12.7. The third kappa shape index (κ3) is 5.00. The van der Waals surface area contributed by atoms with Crippen molar-refractivity contribution in [3.05, 3.63) is 41.9 Å². The van der Waals surface area contributed by atoms with E-state index in [1.165, 1.54) is 17.3 Å². The van der Waals surface area contributed by atoms with Crippen molar-refractivity contribution in [2.45, 2.75) is 31.6 Å². The minimum atomic E-state index is -3.67. The van der Waals surface area contributed by atoms with Crippen molar-refractivity contribution < 1.29 is 27.2 Å². The number of aryl methyl sites for hydroxylation is 1. The number of benzene rings is 1. The second-order valence-electron chi connectivity index (χ2n) is 6.86. The molecule has 1 saturated heterocycles. The van der Waals surface area contributed by atoms with Crippen molar-refractivity contribution in [3.63, 3.8) is 0 Å². The zero-order chi connectivity index (χ0) is 21.7. The first-order chi connectivity index (χ1) is 14.3. The Morgan fingerprint density at radius 1 is 1.17 bits per heavy atom. The van der Waals surface area contributed by atoms with E-state index in [1.54, 1.807) is 24.3 Å². The zero-order valence-electron chi connectivity index (χ0n) is 16.9. The Hall–Kier alpha value is -2.85. The molecule has 162 valence electrons. The van der Waals surface area contributed by atoms with Gasteiger partial charge in [-0.05, 0) is 51.0 Å². The largest absolute Gasteiger partial charge is 0.484 e. The summed E-state index contributed by atoms with van der Waals surface area (Å²) in [7, 11) is -3.67. The standard InChI is InChI=1S/C20H25N3O6S/c1-3-21-19(24)13-28-16-8-6-15(7-9-16)22-20(25)17-12-18(14(2)29-17)30(26,27)23-10-4-5-11-23/h6-9,12H,3-5,10-11,13H2,1-2H3,(H,21,24)(H,22,25). The zero-order valence-corrected chi connectivity index (χ0v) is 17.8. The molecule has 0 aliphatic carbocycles. The smallest absolute Gasteiger partial charge is 0.291 e. The van der Waals surface area contributed by atoms with Gasteiger partial charge in [-0.2, -0.15) is 4.31 Å². The number of furan rings is 1.